The number of ether oxygens (including phenoxy) is 3. The molecule has 2 saturated carbocycles. The Morgan fingerprint density at radius 3 is 2.14 bits per heavy atom. The zero-order chi connectivity index (χ0) is 31.0. The number of unbranched alkanes of at least 4 members (excludes halogenated alkanes) is 1. The molecule has 0 heterocycles. The quantitative estimate of drug-likeness (QED) is 0.193. The highest BCUT2D eigenvalue weighted by Crippen LogP contribution is 2.62. The van der Waals surface area contributed by atoms with Gasteiger partial charge in [-0.25, -0.2) is 0 Å². The van der Waals surface area contributed by atoms with Gasteiger partial charge >= 0.3 is 0 Å². The van der Waals surface area contributed by atoms with E-state index < -0.39 is 0 Å². The van der Waals surface area contributed by atoms with Crippen LogP contribution in [0.4, 0.5) is 0 Å². The van der Waals surface area contributed by atoms with Gasteiger partial charge in [-0.05, 0) is 114 Å². The lowest BCUT2D eigenvalue weighted by atomic mass is 9.52. The van der Waals surface area contributed by atoms with Crippen LogP contribution in [0.25, 0.3) is 0 Å². The maximum atomic E-state index is 6.97. The third kappa shape index (κ3) is 6.38. The highest BCUT2D eigenvalue weighted by molar-refractivity contribution is 6.08. The molecule has 3 aliphatic carbocycles. The van der Waals surface area contributed by atoms with Crippen molar-refractivity contribution in [3.8, 4) is 5.75 Å². The summed E-state index contributed by atoms with van der Waals surface area (Å²) in [6, 6.07) is 6.94. The molecule has 5 atom stereocenters. The number of hydrogen-bond acceptors (Lipinski definition) is 3. The summed E-state index contributed by atoms with van der Waals surface area (Å²) >= 11 is 0. The Labute approximate surface area is 261 Å². The average Bonchev–Trinajstić information content (AvgIpc) is 3.22. The van der Waals surface area contributed by atoms with Crippen molar-refractivity contribution < 1.29 is 14.2 Å². The van der Waals surface area contributed by atoms with Crippen LogP contribution in [-0.2, 0) is 15.9 Å². The minimum absolute atomic E-state index is 0.0207. The van der Waals surface area contributed by atoms with Crippen molar-refractivity contribution in [1.29, 1.82) is 0 Å². The zero-order valence-corrected chi connectivity index (χ0v) is 29.0. The van der Waals surface area contributed by atoms with Crippen LogP contribution in [0.3, 0.4) is 0 Å². The Bertz CT molecular complexity index is 992. The van der Waals surface area contributed by atoms with Crippen molar-refractivity contribution >= 4 is 7.85 Å². The van der Waals surface area contributed by atoms with E-state index in [1.165, 1.54) is 44.1 Å². The lowest BCUT2D eigenvalue weighted by Gasteiger charge is -2.60. The Morgan fingerprint density at radius 2 is 1.50 bits per heavy atom. The monoisotopic (exact) mass is 578 g/mol. The molecule has 2 radical (unpaired) electrons. The van der Waals surface area contributed by atoms with Crippen molar-refractivity contribution in [2.24, 2.45) is 33.5 Å². The second-order valence-corrected chi connectivity index (χ2v) is 17.2. The summed E-state index contributed by atoms with van der Waals surface area (Å²) in [5.74, 6) is 3.29. The van der Waals surface area contributed by atoms with Gasteiger partial charge in [0.15, 0.2) is 0 Å². The number of benzene rings is 1. The second kappa shape index (κ2) is 12.8. The molecule has 42 heavy (non-hydrogen) atoms. The molecule has 0 aromatic heterocycles. The van der Waals surface area contributed by atoms with E-state index in [9.17, 15) is 0 Å². The van der Waals surface area contributed by atoms with Gasteiger partial charge in [-0.2, -0.15) is 0 Å². The molecule has 0 bridgehead atoms. The van der Waals surface area contributed by atoms with Gasteiger partial charge in [0.25, 0.3) is 0 Å². The predicted octanol–water partition coefficient (Wildman–Crippen LogP) is 9.96. The van der Waals surface area contributed by atoms with Crippen LogP contribution in [0.15, 0.2) is 18.2 Å². The molecular formula is C38H63BO3. The van der Waals surface area contributed by atoms with Crippen molar-refractivity contribution in [3.63, 3.8) is 0 Å². The lowest BCUT2D eigenvalue weighted by Crippen LogP contribution is -2.63. The number of hydrogen-bond donors (Lipinski definition) is 0. The van der Waals surface area contributed by atoms with E-state index >= 15 is 0 Å². The fourth-order valence-corrected chi connectivity index (χ4v) is 10.8. The molecular weight excluding hydrogens is 515 g/mol. The van der Waals surface area contributed by atoms with Crippen molar-refractivity contribution in [2.75, 3.05) is 19.8 Å². The van der Waals surface area contributed by atoms with E-state index in [1.807, 2.05) is 0 Å². The van der Waals surface area contributed by atoms with Crippen molar-refractivity contribution in [1.82, 2.24) is 0 Å². The third-order valence-electron chi connectivity index (χ3n) is 11.6. The van der Waals surface area contributed by atoms with E-state index in [2.05, 4.69) is 87.4 Å². The lowest BCUT2D eigenvalue weighted by molar-refractivity contribution is -0.240. The van der Waals surface area contributed by atoms with Crippen LogP contribution in [0.1, 0.15) is 138 Å². The van der Waals surface area contributed by atoms with Gasteiger partial charge in [0.2, 0.25) is 0 Å². The fraction of sp³-hybridized carbons (Fsp3) is 0.842. The molecule has 4 rings (SSSR count). The molecule has 0 saturated heterocycles. The van der Waals surface area contributed by atoms with Crippen LogP contribution in [0.2, 0.25) is 6.32 Å². The van der Waals surface area contributed by atoms with Gasteiger partial charge < -0.3 is 14.2 Å². The van der Waals surface area contributed by atoms with Crippen LogP contribution in [0, 0.1) is 33.5 Å². The van der Waals surface area contributed by atoms with Crippen LogP contribution in [-0.4, -0.2) is 39.4 Å². The van der Waals surface area contributed by atoms with E-state index in [0.717, 1.165) is 63.0 Å². The standard InChI is InChI=1S/C38H63BO3/c1-34(2,3)38(35(4,5)6,36(7,8)9)42-25-13-24-41-33-19-18-32-31-16-14-27-26-28(40-23-12-11-22-39)15-17-29(27)30(31)20-21-37(32,33)10/h15,17,26,30-33H,11-14,16,18-25H2,1-10H3. The highest BCUT2D eigenvalue weighted by atomic mass is 16.5. The van der Waals surface area contributed by atoms with E-state index in [4.69, 9.17) is 22.1 Å². The maximum Gasteiger partial charge on any atom is 0.119 e. The zero-order valence-electron chi connectivity index (χ0n) is 29.0. The fourth-order valence-electron chi connectivity index (χ4n) is 10.8. The smallest absolute Gasteiger partial charge is 0.119 e. The number of aryl methyl sites for hydroxylation is 1. The second-order valence-electron chi connectivity index (χ2n) is 17.2. The van der Waals surface area contributed by atoms with Gasteiger partial charge in [0.1, 0.15) is 5.75 Å². The van der Waals surface area contributed by atoms with Crippen LogP contribution < -0.4 is 4.74 Å². The Morgan fingerprint density at radius 1 is 0.810 bits per heavy atom. The van der Waals surface area contributed by atoms with Crippen molar-refractivity contribution in [3.05, 3.63) is 29.3 Å². The first-order valence-corrected chi connectivity index (χ1v) is 17.3. The topological polar surface area (TPSA) is 27.7 Å². The summed E-state index contributed by atoms with van der Waals surface area (Å²) < 4.78 is 19.8. The molecule has 3 aliphatic rings. The highest BCUT2D eigenvalue weighted by Gasteiger charge is 2.59. The van der Waals surface area contributed by atoms with E-state index in [-0.39, 0.29) is 21.8 Å². The normalized spacial score (nSPS) is 28.2. The molecule has 0 aliphatic heterocycles. The Balaban J connectivity index is 1.34. The first-order chi connectivity index (χ1) is 19.6. The summed E-state index contributed by atoms with van der Waals surface area (Å²) in [6.45, 7) is 26.0. The minimum atomic E-state index is -0.246. The summed E-state index contributed by atoms with van der Waals surface area (Å²) in [4.78, 5) is 0. The molecule has 236 valence electrons. The molecule has 0 N–H and O–H groups in total. The molecule has 4 heteroatoms. The van der Waals surface area contributed by atoms with Gasteiger partial charge in [0, 0.05) is 13.2 Å². The SMILES string of the molecule is [B]CCCCOc1ccc2c(c1)CCC1C2CCC2(C)C(OCCCOC(C(C)(C)C)(C(C)(C)C)C(C)(C)C)CCC12. The van der Waals surface area contributed by atoms with Gasteiger partial charge in [0.05, 0.1) is 26.2 Å². The molecule has 2 fully saturated rings. The van der Waals surface area contributed by atoms with Crippen LogP contribution in [0.5, 0.6) is 5.75 Å². The van der Waals surface area contributed by atoms with E-state index in [1.54, 1.807) is 5.56 Å². The predicted molar refractivity (Wildman–Crippen MR) is 178 cm³/mol. The molecule has 1 aromatic rings. The average molecular weight is 579 g/mol. The molecule has 0 spiro atoms. The first-order valence-electron chi connectivity index (χ1n) is 17.3. The van der Waals surface area contributed by atoms with Crippen molar-refractivity contribution in [2.45, 2.75) is 151 Å². The molecule has 0 amide bonds. The molecule has 1 aromatic carbocycles. The maximum absolute atomic E-state index is 6.97. The molecule has 3 nitrogen and oxygen atoms in total. The first kappa shape index (κ1) is 33.9. The summed E-state index contributed by atoms with van der Waals surface area (Å²) in [7, 11) is 5.64. The number of rotatable bonds is 11. The van der Waals surface area contributed by atoms with Gasteiger partial charge in [-0.15, -0.1) is 0 Å². The Kier molecular flexibility index (Phi) is 10.3. The van der Waals surface area contributed by atoms with E-state index in [0.29, 0.717) is 17.4 Å². The number of fused-ring (bicyclic) bond motifs is 5. The molecule has 5 unspecified atom stereocenters. The summed E-state index contributed by atoms with van der Waals surface area (Å²) in [5, 5.41) is 0. The summed E-state index contributed by atoms with van der Waals surface area (Å²) in [5.41, 5.74) is 3.25. The van der Waals surface area contributed by atoms with Gasteiger partial charge in [-0.1, -0.05) is 88.0 Å². The van der Waals surface area contributed by atoms with Gasteiger partial charge in [-0.3, -0.25) is 0 Å². The summed E-state index contributed by atoms with van der Waals surface area (Å²) in [6.07, 6.45) is 11.7. The largest absolute Gasteiger partial charge is 0.494 e. The Hall–Kier alpha value is -0.995. The third-order valence-corrected chi connectivity index (χ3v) is 11.6. The minimum Gasteiger partial charge on any atom is -0.494 e. The van der Waals surface area contributed by atoms with Crippen LogP contribution >= 0.6 is 0 Å².